The van der Waals surface area contributed by atoms with Gasteiger partial charge in [-0.25, -0.2) is 5.43 Å². The van der Waals surface area contributed by atoms with E-state index < -0.39 is 0 Å². The summed E-state index contributed by atoms with van der Waals surface area (Å²) in [4.78, 5) is 23.6. The maximum absolute atomic E-state index is 11.8. The molecule has 0 saturated carbocycles. The van der Waals surface area contributed by atoms with Gasteiger partial charge in [-0.05, 0) is 30.2 Å². The molecule has 168 valence electrons. The van der Waals surface area contributed by atoms with Gasteiger partial charge < -0.3 is 14.8 Å². The molecule has 1 aromatic carbocycles. The molecule has 1 aromatic rings. The van der Waals surface area contributed by atoms with E-state index in [2.05, 4.69) is 22.8 Å². The maximum Gasteiger partial charge on any atom is 0.259 e. The molecular formula is C23H37N3O4. The van der Waals surface area contributed by atoms with E-state index in [0.29, 0.717) is 17.9 Å². The van der Waals surface area contributed by atoms with Crippen molar-refractivity contribution in [2.45, 2.75) is 71.1 Å². The zero-order chi connectivity index (χ0) is 22.0. The van der Waals surface area contributed by atoms with Crippen molar-refractivity contribution in [3.63, 3.8) is 0 Å². The zero-order valence-corrected chi connectivity index (χ0v) is 18.7. The molecule has 0 aromatic heterocycles. The van der Waals surface area contributed by atoms with Crippen LogP contribution in [0.15, 0.2) is 23.3 Å². The fraction of sp³-hybridized carbons (Fsp3) is 0.609. The van der Waals surface area contributed by atoms with Gasteiger partial charge in [0, 0.05) is 6.42 Å². The highest BCUT2D eigenvalue weighted by Crippen LogP contribution is 2.26. The number of methoxy groups -OCH3 is 2. The molecule has 0 aliphatic rings. The highest BCUT2D eigenvalue weighted by Gasteiger charge is 2.05. The second-order valence-electron chi connectivity index (χ2n) is 7.26. The molecule has 0 radical (unpaired) electrons. The van der Waals surface area contributed by atoms with Crippen molar-refractivity contribution >= 4 is 18.0 Å². The summed E-state index contributed by atoms with van der Waals surface area (Å²) in [6.07, 6.45) is 12.8. The number of carbonyl (C=O) groups is 2. The Hall–Kier alpha value is -2.57. The van der Waals surface area contributed by atoms with Crippen molar-refractivity contribution in [1.82, 2.24) is 10.7 Å². The lowest BCUT2D eigenvalue weighted by Gasteiger charge is -2.07. The fourth-order valence-electron chi connectivity index (χ4n) is 3.01. The highest BCUT2D eigenvalue weighted by atomic mass is 16.5. The topological polar surface area (TPSA) is 89.0 Å². The molecule has 0 unspecified atom stereocenters. The monoisotopic (exact) mass is 419 g/mol. The van der Waals surface area contributed by atoms with Crippen LogP contribution < -0.4 is 20.2 Å². The van der Waals surface area contributed by atoms with E-state index in [1.165, 1.54) is 51.2 Å². The summed E-state index contributed by atoms with van der Waals surface area (Å²) in [5.74, 6) is 0.731. The number of nitrogens with zero attached hydrogens (tertiary/aromatic N) is 1. The number of hydrogen-bond donors (Lipinski definition) is 2. The van der Waals surface area contributed by atoms with Crippen LogP contribution in [-0.4, -0.2) is 38.8 Å². The van der Waals surface area contributed by atoms with Crippen molar-refractivity contribution in [3.05, 3.63) is 23.8 Å². The molecule has 0 atom stereocenters. The molecule has 0 aliphatic heterocycles. The van der Waals surface area contributed by atoms with Crippen molar-refractivity contribution in [3.8, 4) is 11.5 Å². The third kappa shape index (κ3) is 11.4. The van der Waals surface area contributed by atoms with Crippen LogP contribution in [0.3, 0.4) is 0 Å². The van der Waals surface area contributed by atoms with Crippen LogP contribution >= 0.6 is 0 Å². The first-order valence-corrected chi connectivity index (χ1v) is 10.9. The van der Waals surface area contributed by atoms with E-state index in [-0.39, 0.29) is 18.4 Å². The van der Waals surface area contributed by atoms with Crippen LogP contribution in [0.2, 0.25) is 0 Å². The number of nitrogens with one attached hydrogen (secondary N) is 2. The minimum atomic E-state index is -0.368. The predicted octanol–water partition coefficient (Wildman–Crippen LogP) is 4.19. The lowest BCUT2D eigenvalue weighted by molar-refractivity contribution is -0.126. The fourth-order valence-corrected chi connectivity index (χ4v) is 3.01. The van der Waals surface area contributed by atoms with E-state index in [4.69, 9.17) is 9.47 Å². The van der Waals surface area contributed by atoms with Gasteiger partial charge in [-0.3, -0.25) is 9.59 Å². The first-order chi connectivity index (χ1) is 14.6. The van der Waals surface area contributed by atoms with Crippen LogP contribution in [0, 0.1) is 0 Å². The van der Waals surface area contributed by atoms with Gasteiger partial charge in [0.1, 0.15) is 0 Å². The molecule has 2 amide bonds. The number of benzene rings is 1. The van der Waals surface area contributed by atoms with Gasteiger partial charge in [0.25, 0.3) is 5.91 Å². The van der Waals surface area contributed by atoms with Crippen molar-refractivity contribution in [2.75, 3.05) is 20.8 Å². The Bertz CT molecular complexity index is 662. The quantitative estimate of drug-likeness (QED) is 0.239. The SMILES string of the molecule is CCCCCCCCCCCC(=O)NCC(=O)N/N=C/c1ccc(OC)c(OC)c1. The number of hydrazone groups is 1. The van der Waals surface area contributed by atoms with E-state index in [1.807, 2.05) is 0 Å². The number of unbranched alkanes of at least 4 members (excludes halogenated alkanes) is 8. The Morgan fingerprint density at radius 3 is 2.17 bits per heavy atom. The largest absolute Gasteiger partial charge is 0.493 e. The summed E-state index contributed by atoms with van der Waals surface area (Å²) in [5, 5.41) is 6.53. The molecule has 0 fully saturated rings. The molecule has 7 heteroatoms. The molecule has 0 bridgehead atoms. The minimum Gasteiger partial charge on any atom is -0.493 e. The van der Waals surface area contributed by atoms with Crippen LogP contribution in [-0.2, 0) is 9.59 Å². The summed E-state index contributed by atoms with van der Waals surface area (Å²) >= 11 is 0. The number of rotatable bonds is 16. The van der Waals surface area contributed by atoms with Gasteiger partial charge in [0.05, 0.1) is 27.0 Å². The van der Waals surface area contributed by atoms with Gasteiger partial charge in [0.2, 0.25) is 5.91 Å². The molecule has 1 rings (SSSR count). The Morgan fingerprint density at radius 2 is 1.53 bits per heavy atom. The number of ether oxygens (including phenoxy) is 2. The van der Waals surface area contributed by atoms with Gasteiger partial charge >= 0.3 is 0 Å². The molecular weight excluding hydrogens is 382 g/mol. The van der Waals surface area contributed by atoms with Gasteiger partial charge in [-0.1, -0.05) is 58.3 Å². The molecule has 0 aliphatic carbocycles. The van der Waals surface area contributed by atoms with Crippen molar-refractivity contribution in [2.24, 2.45) is 5.10 Å². The van der Waals surface area contributed by atoms with Gasteiger partial charge in [-0.2, -0.15) is 5.10 Å². The Balaban J connectivity index is 2.13. The molecule has 0 saturated heterocycles. The summed E-state index contributed by atoms with van der Waals surface area (Å²) in [5.41, 5.74) is 3.15. The second kappa shape index (κ2) is 16.3. The smallest absolute Gasteiger partial charge is 0.259 e. The lowest BCUT2D eigenvalue weighted by atomic mass is 10.1. The Morgan fingerprint density at radius 1 is 0.900 bits per heavy atom. The molecule has 0 spiro atoms. The van der Waals surface area contributed by atoms with Crippen molar-refractivity contribution in [1.29, 1.82) is 0 Å². The normalized spacial score (nSPS) is 10.8. The summed E-state index contributed by atoms with van der Waals surface area (Å²) in [6, 6.07) is 5.31. The standard InChI is InChI=1S/C23H37N3O4/c1-4-5-6-7-8-9-10-11-12-13-22(27)24-18-23(28)26-25-17-19-14-15-20(29-2)21(16-19)30-3/h14-17H,4-13,18H2,1-3H3,(H,24,27)(H,26,28)/b25-17+. The van der Waals surface area contributed by atoms with Gasteiger partial charge in [-0.15, -0.1) is 0 Å². The van der Waals surface area contributed by atoms with Crippen molar-refractivity contribution < 1.29 is 19.1 Å². The third-order valence-corrected chi connectivity index (χ3v) is 4.76. The minimum absolute atomic E-state index is 0.0838. The van der Waals surface area contributed by atoms with Crippen LogP contribution in [0.5, 0.6) is 11.5 Å². The molecule has 30 heavy (non-hydrogen) atoms. The predicted molar refractivity (Wildman–Crippen MR) is 120 cm³/mol. The molecule has 0 heterocycles. The number of carbonyl (C=O) groups excluding carboxylic acids is 2. The molecule has 7 nitrogen and oxygen atoms in total. The summed E-state index contributed by atoms with van der Waals surface area (Å²) < 4.78 is 10.4. The Kier molecular flexibility index (Phi) is 13.8. The third-order valence-electron chi connectivity index (χ3n) is 4.76. The van der Waals surface area contributed by atoms with Gasteiger partial charge in [0.15, 0.2) is 11.5 Å². The van der Waals surface area contributed by atoms with Crippen LogP contribution in [0.1, 0.15) is 76.7 Å². The second-order valence-corrected chi connectivity index (χ2v) is 7.26. The zero-order valence-electron chi connectivity index (χ0n) is 18.7. The Labute approximate surface area is 180 Å². The van der Waals surface area contributed by atoms with E-state index in [1.54, 1.807) is 32.4 Å². The van der Waals surface area contributed by atoms with E-state index in [0.717, 1.165) is 18.4 Å². The number of amides is 2. The summed E-state index contributed by atoms with van der Waals surface area (Å²) in [6.45, 7) is 2.14. The summed E-state index contributed by atoms with van der Waals surface area (Å²) in [7, 11) is 3.12. The average molecular weight is 420 g/mol. The maximum atomic E-state index is 11.8. The van der Waals surface area contributed by atoms with E-state index in [9.17, 15) is 9.59 Å². The first-order valence-electron chi connectivity index (χ1n) is 10.9. The van der Waals surface area contributed by atoms with Crippen LogP contribution in [0.25, 0.3) is 0 Å². The highest BCUT2D eigenvalue weighted by molar-refractivity contribution is 5.86. The van der Waals surface area contributed by atoms with Crippen LogP contribution in [0.4, 0.5) is 0 Å². The number of hydrogen-bond acceptors (Lipinski definition) is 5. The van der Waals surface area contributed by atoms with E-state index >= 15 is 0 Å². The average Bonchev–Trinajstić information content (AvgIpc) is 2.76. The molecule has 2 N–H and O–H groups in total. The first kappa shape index (κ1) is 25.5. The lowest BCUT2D eigenvalue weighted by Crippen LogP contribution is -2.34.